The largest absolute Gasteiger partial charge is 0.494 e. The topological polar surface area (TPSA) is 55.4 Å². The average molecular weight is 247 g/mol. The van der Waals surface area contributed by atoms with Crippen LogP contribution in [0.1, 0.15) is 0 Å². The fourth-order valence-electron chi connectivity index (χ4n) is 1.16. The molecule has 0 saturated carbocycles. The molecule has 0 aromatic heterocycles. The van der Waals surface area contributed by atoms with Gasteiger partial charge in [-0.1, -0.05) is 0 Å². The summed E-state index contributed by atoms with van der Waals surface area (Å²) in [5.41, 5.74) is 0.530. The smallest absolute Gasteiger partial charge is 0.167 e. The second-order valence-corrected chi connectivity index (χ2v) is 5.67. The van der Waals surface area contributed by atoms with Crippen LogP contribution in [0.25, 0.3) is 0 Å². The van der Waals surface area contributed by atoms with Gasteiger partial charge in [0.05, 0.1) is 12.9 Å². The van der Waals surface area contributed by atoms with Gasteiger partial charge in [-0.05, 0) is 12.1 Å². The molecule has 0 aliphatic rings. The normalized spacial score (nSPS) is 11.2. The van der Waals surface area contributed by atoms with Gasteiger partial charge in [0.2, 0.25) is 0 Å². The summed E-state index contributed by atoms with van der Waals surface area (Å²) >= 11 is 0. The highest BCUT2D eigenvalue weighted by Crippen LogP contribution is 2.20. The van der Waals surface area contributed by atoms with Crippen molar-refractivity contribution in [2.24, 2.45) is 0 Å². The van der Waals surface area contributed by atoms with Crippen LogP contribution in [0.4, 0.5) is 10.1 Å². The summed E-state index contributed by atoms with van der Waals surface area (Å²) in [5.74, 6) is -0.304. The number of anilines is 1. The lowest BCUT2D eigenvalue weighted by Gasteiger charge is -2.07. The van der Waals surface area contributed by atoms with Gasteiger partial charge in [-0.25, -0.2) is 12.8 Å². The van der Waals surface area contributed by atoms with Crippen LogP contribution in [0.15, 0.2) is 18.2 Å². The van der Waals surface area contributed by atoms with Gasteiger partial charge in [0.15, 0.2) is 11.6 Å². The molecule has 1 rings (SSSR count). The van der Waals surface area contributed by atoms with Crippen LogP contribution in [0.5, 0.6) is 5.75 Å². The Hall–Kier alpha value is -1.30. The van der Waals surface area contributed by atoms with E-state index in [1.807, 2.05) is 0 Å². The van der Waals surface area contributed by atoms with E-state index in [2.05, 4.69) is 5.32 Å². The molecule has 0 unspecified atom stereocenters. The summed E-state index contributed by atoms with van der Waals surface area (Å²) < 4.78 is 39.7. The van der Waals surface area contributed by atoms with Crippen molar-refractivity contribution in [1.82, 2.24) is 0 Å². The number of ether oxygens (including phenoxy) is 1. The lowest BCUT2D eigenvalue weighted by Crippen LogP contribution is -2.14. The molecule has 0 aliphatic heterocycles. The standard InChI is InChI=1S/C10H14FNO3S/c1-15-10-4-3-8(7-9(10)11)12-5-6-16(2,13)14/h3-4,7,12H,5-6H2,1-2H3. The van der Waals surface area contributed by atoms with Gasteiger partial charge in [0.25, 0.3) is 0 Å². The van der Waals surface area contributed by atoms with Crippen LogP contribution in [0, 0.1) is 5.82 Å². The maximum atomic E-state index is 13.2. The first-order valence-corrected chi connectivity index (χ1v) is 6.73. The first-order valence-electron chi connectivity index (χ1n) is 4.67. The predicted octanol–water partition coefficient (Wildman–Crippen LogP) is 1.29. The Bertz CT molecular complexity index is 459. The van der Waals surface area contributed by atoms with Crippen LogP contribution >= 0.6 is 0 Å². The van der Waals surface area contributed by atoms with Crippen LogP contribution < -0.4 is 10.1 Å². The monoisotopic (exact) mass is 247 g/mol. The lowest BCUT2D eigenvalue weighted by molar-refractivity contribution is 0.386. The van der Waals surface area contributed by atoms with E-state index in [-0.39, 0.29) is 18.0 Å². The number of sulfone groups is 1. The first-order chi connectivity index (χ1) is 7.42. The van der Waals surface area contributed by atoms with E-state index in [1.165, 1.54) is 19.2 Å². The van der Waals surface area contributed by atoms with Crippen molar-refractivity contribution in [3.05, 3.63) is 24.0 Å². The number of rotatable bonds is 5. The summed E-state index contributed by atoms with van der Waals surface area (Å²) in [7, 11) is -1.61. The lowest BCUT2D eigenvalue weighted by atomic mass is 10.3. The molecular formula is C10H14FNO3S. The molecule has 6 heteroatoms. The molecule has 16 heavy (non-hydrogen) atoms. The number of methoxy groups -OCH3 is 1. The Balaban J connectivity index is 2.59. The Labute approximate surface area is 94.3 Å². The Morgan fingerprint density at radius 2 is 2.12 bits per heavy atom. The van der Waals surface area contributed by atoms with E-state index in [9.17, 15) is 12.8 Å². The number of halogens is 1. The minimum atomic E-state index is -3.00. The number of benzene rings is 1. The van der Waals surface area contributed by atoms with Gasteiger partial charge in [0.1, 0.15) is 9.84 Å². The van der Waals surface area contributed by atoms with Gasteiger partial charge in [-0.15, -0.1) is 0 Å². The van der Waals surface area contributed by atoms with Gasteiger partial charge in [-0.2, -0.15) is 0 Å². The number of hydrogen-bond acceptors (Lipinski definition) is 4. The molecule has 0 radical (unpaired) electrons. The second kappa shape index (κ2) is 5.16. The minimum Gasteiger partial charge on any atom is -0.494 e. The van der Waals surface area contributed by atoms with E-state index in [0.29, 0.717) is 5.69 Å². The molecule has 90 valence electrons. The maximum absolute atomic E-state index is 13.2. The summed E-state index contributed by atoms with van der Waals surface area (Å²) in [4.78, 5) is 0. The molecule has 0 amide bonds. The second-order valence-electron chi connectivity index (χ2n) is 3.41. The average Bonchev–Trinajstić information content (AvgIpc) is 2.16. The van der Waals surface area contributed by atoms with Gasteiger partial charge in [0, 0.05) is 24.6 Å². The molecule has 1 aromatic rings. The van der Waals surface area contributed by atoms with Crippen molar-refractivity contribution >= 4 is 15.5 Å². The Morgan fingerprint density at radius 1 is 1.44 bits per heavy atom. The Morgan fingerprint density at radius 3 is 2.62 bits per heavy atom. The fourth-order valence-corrected chi connectivity index (χ4v) is 1.63. The predicted molar refractivity (Wildman–Crippen MR) is 61.2 cm³/mol. The van der Waals surface area contributed by atoms with Crippen LogP contribution in [0.3, 0.4) is 0 Å². The zero-order valence-corrected chi connectivity index (χ0v) is 9.97. The third kappa shape index (κ3) is 4.06. The quantitative estimate of drug-likeness (QED) is 0.852. The van der Waals surface area contributed by atoms with Crippen molar-refractivity contribution in [1.29, 1.82) is 0 Å². The van der Waals surface area contributed by atoms with E-state index in [1.54, 1.807) is 6.07 Å². The summed E-state index contributed by atoms with van der Waals surface area (Å²) in [5, 5.41) is 2.82. The molecule has 1 aromatic carbocycles. The molecule has 0 saturated heterocycles. The van der Waals surface area contributed by atoms with Crippen molar-refractivity contribution < 1.29 is 17.5 Å². The highest BCUT2D eigenvalue weighted by Gasteiger charge is 2.04. The van der Waals surface area contributed by atoms with E-state index in [0.717, 1.165) is 6.26 Å². The van der Waals surface area contributed by atoms with Gasteiger partial charge >= 0.3 is 0 Å². The number of nitrogens with one attached hydrogen (secondary N) is 1. The van der Waals surface area contributed by atoms with Gasteiger partial charge in [-0.3, -0.25) is 0 Å². The molecular weight excluding hydrogens is 233 g/mol. The van der Waals surface area contributed by atoms with E-state index >= 15 is 0 Å². The first kappa shape index (κ1) is 12.8. The maximum Gasteiger partial charge on any atom is 0.167 e. The molecule has 1 N–H and O–H groups in total. The fraction of sp³-hybridized carbons (Fsp3) is 0.400. The van der Waals surface area contributed by atoms with Crippen molar-refractivity contribution in [2.75, 3.05) is 31.0 Å². The van der Waals surface area contributed by atoms with Crippen LogP contribution in [-0.2, 0) is 9.84 Å². The van der Waals surface area contributed by atoms with Gasteiger partial charge < -0.3 is 10.1 Å². The van der Waals surface area contributed by atoms with Crippen molar-refractivity contribution in [3.63, 3.8) is 0 Å². The van der Waals surface area contributed by atoms with E-state index in [4.69, 9.17) is 4.74 Å². The molecule has 4 nitrogen and oxygen atoms in total. The van der Waals surface area contributed by atoms with Crippen LogP contribution in [-0.4, -0.2) is 34.1 Å². The minimum absolute atomic E-state index is 0.0145. The zero-order chi connectivity index (χ0) is 12.2. The third-order valence-electron chi connectivity index (χ3n) is 1.95. The SMILES string of the molecule is COc1ccc(NCCS(C)(=O)=O)cc1F. The molecule has 0 aliphatic carbocycles. The van der Waals surface area contributed by atoms with Crippen molar-refractivity contribution in [2.45, 2.75) is 0 Å². The molecule has 0 spiro atoms. The van der Waals surface area contributed by atoms with Crippen molar-refractivity contribution in [3.8, 4) is 5.75 Å². The molecule has 0 heterocycles. The third-order valence-corrected chi connectivity index (χ3v) is 2.90. The van der Waals surface area contributed by atoms with Crippen LogP contribution in [0.2, 0.25) is 0 Å². The highest BCUT2D eigenvalue weighted by molar-refractivity contribution is 7.90. The zero-order valence-electron chi connectivity index (χ0n) is 9.16. The number of hydrogen-bond donors (Lipinski definition) is 1. The van der Waals surface area contributed by atoms with E-state index < -0.39 is 15.7 Å². The highest BCUT2D eigenvalue weighted by atomic mass is 32.2. The Kier molecular flexibility index (Phi) is 4.12. The summed E-state index contributed by atoms with van der Waals surface area (Å²) in [6.07, 6.45) is 1.16. The molecule has 0 atom stereocenters. The summed E-state index contributed by atoms with van der Waals surface area (Å²) in [6, 6.07) is 4.38. The molecule has 0 bridgehead atoms. The summed E-state index contributed by atoms with van der Waals surface area (Å²) in [6.45, 7) is 0.255. The molecule has 0 fully saturated rings.